The van der Waals surface area contributed by atoms with Crippen molar-refractivity contribution in [2.24, 2.45) is 0 Å². The van der Waals surface area contributed by atoms with Crippen molar-refractivity contribution in [2.45, 2.75) is 64.0 Å². The van der Waals surface area contributed by atoms with Crippen LogP contribution in [0.3, 0.4) is 0 Å². The fourth-order valence-electron chi connectivity index (χ4n) is 6.18. The molecule has 1 saturated heterocycles. The van der Waals surface area contributed by atoms with Crippen molar-refractivity contribution in [2.75, 3.05) is 24.5 Å². The van der Waals surface area contributed by atoms with Crippen molar-refractivity contribution >= 4 is 17.0 Å². The minimum atomic E-state index is -0.251. The SMILES string of the molecule is Cc1cc(-c2cc(=O)n(C3CCCC3)c3nc(N4CCC(NCCc5ccccc5)CC4)ncc23)ccc1F. The number of nitrogens with zero attached hydrogens (tertiary/aromatic N) is 4. The van der Waals surface area contributed by atoms with Crippen molar-refractivity contribution < 1.29 is 4.39 Å². The van der Waals surface area contributed by atoms with E-state index in [9.17, 15) is 9.18 Å². The van der Waals surface area contributed by atoms with E-state index < -0.39 is 0 Å². The van der Waals surface area contributed by atoms with Crippen molar-refractivity contribution in [1.82, 2.24) is 19.9 Å². The van der Waals surface area contributed by atoms with Gasteiger partial charge in [0, 0.05) is 42.8 Å². The molecule has 1 aliphatic carbocycles. The molecular weight excluding hydrogens is 489 g/mol. The van der Waals surface area contributed by atoms with Crippen LogP contribution >= 0.6 is 0 Å². The second-order valence-electron chi connectivity index (χ2n) is 11.0. The fraction of sp³-hybridized carbons (Fsp3) is 0.406. The molecule has 2 aromatic carbocycles. The molecule has 7 heteroatoms. The topological polar surface area (TPSA) is 63.1 Å². The van der Waals surface area contributed by atoms with Gasteiger partial charge >= 0.3 is 0 Å². The summed E-state index contributed by atoms with van der Waals surface area (Å²) in [5.41, 5.74) is 4.14. The van der Waals surface area contributed by atoms with Gasteiger partial charge in [-0.3, -0.25) is 9.36 Å². The lowest BCUT2D eigenvalue weighted by Crippen LogP contribution is -2.43. The van der Waals surface area contributed by atoms with E-state index in [2.05, 4.69) is 40.5 Å². The Kier molecular flexibility index (Phi) is 7.42. The first-order chi connectivity index (χ1) is 19.1. The van der Waals surface area contributed by atoms with E-state index in [1.807, 2.05) is 10.8 Å². The van der Waals surface area contributed by atoms with E-state index in [-0.39, 0.29) is 17.4 Å². The maximum absolute atomic E-state index is 14.0. The molecule has 0 unspecified atom stereocenters. The zero-order chi connectivity index (χ0) is 26.8. The number of hydrogen-bond donors (Lipinski definition) is 1. The molecule has 6 rings (SSSR count). The highest BCUT2D eigenvalue weighted by molar-refractivity contribution is 5.92. The van der Waals surface area contributed by atoms with Crippen LogP contribution in [0.2, 0.25) is 0 Å². The van der Waals surface area contributed by atoms with Gasteiger partial charge in [-0.05, 0) is 80.0 Å². The second kappa shape index (κ2) is 11.3. The number of hydrogen-bond acceptors (Lipinski definition) is 5. The van der Waals surface area contributed by atoms with Crippen molar-refractivity contribution in [3.05, 3.63) is 88.1 Å². The van der Waals surface area contributed by atoms with Crippen LogP contribution in [0, 0.1) is 12.7 Å². The third kappa shape index (κ3) is 5.46. The Morgan fingerprint density at radius 3 is 2.51 bits per heavy atom. The third-order valence-corrected chi connectivity index (χ3v) is 8.41. The van der Waals surface area contributed by atoms with E-state index in [0.717, 1.165) is 81.1 Å². The van der Waals surface area contributed by atoms with Crippen LogP contribution < -0.4 is 15.8 Å². The second-order valence-corrected chi connectivity index (χ2v) is 11.0. The molecule has 2 aromatic heterocycles. The summed E-state index contributed by atoms with van der Waals surface area (Å²) in [6, 6.07) is 17.9. The number of aryl methyl sites for hydroxylation is 1. The van der Waals surface area contributed by atoms with Crippen LogP contribution in [-0.4, -0.2) is 40.2 Å². The first-order valence-electron chi connectivity index (χ1n) is 14.3. The maximum Gasteiger partial charge on any atom is 0.253 e. The molecule has 6 nitrogen and oxygen atoms in total. The molecule has 4 aromatic rings. The van der Waals surface area contributed by atoms with Gasteiger partial charge in [0.15, 0.2) is 0 Å². The zero-order valence-electron chi connectivity index (χ0n) is 22.6. The van der Waals surface area contributed by atoms with Gasteiger partial charge in [0.2, 0.25) is 5.95 Å². The first-order valence-corrected chi connectivity index (χ1v) is 14.3. The number of rotatable bonds is 7. The molecule has 0 radical (unpaired) electrons. The molecule has 1 saturated carbocycles. The minimum absolute atomic E-state index is 0.0441. The summed E-state index contributed by atoms with van der Waals surface area (Å²) >= 11 is 0. The summed E-state index contributed by atoms with van der Waals surface area (Å²) in [6.07, 6.45) is 9.18. The summed E-state index contributed by atoms with van der Waals surface area (Å²) in [6.45, 7) is 4.47. The number of fused-ring (bicyclic) bond motifs is 1. The summed E-state index contributed by atoms with van der Waals surface area (Å²) in [5.74, 6) is 0.433. The van der Waals surface area contributed by atoms with Crippen LogP contribution in [-0.2, 0) is 6.42 Å². The highest BCUT2D eigenvalue weighted by Crippen LogP contribution is 2.34. The summed E-state index contributed by atoms with van der Waals surface area (Å²) in [4.78, 5) is 25.6. The smallest absolute Gasteiger partial charge is 0.253 e. The Labute approximate surface area is 228 Å². The average Bonchev–Trinajstić information content (AvgIpc) is 3.49. The van der Waals surface area contributed by atoms with Crippen LogP contribution in [0.5, 0.6) is 0 Å². The van der Waals surface area contributed by atoms with E-state index >= 15 is 0 Å². The molecule has 0 atom stereocenters. The van der Waals surface area contributed by atoms with Crippen LogP contribution in [0.15, 0.2) is 65.6 Å². The predicted molar refractivity (Wildman–Crippen MR) is 155 cm³/mol. The molecule has 1 aliphatic heterocycles. The molecule has 0 bridgehead atoms. The number of anilines is 1. The number of aromatic nitrogens is 3. The van der Waals surface area contributed by atoms with Crippen LogP contribution in [0.4, 0.5) is 10.3 Å². The Balaban J connectivity index is 1.25. The van der Waals surface area contributed by atoms with Crippen molar-refractivity contribution in [3.63, 3.8) is 0 Å². The van der Waals surface area contributed by atoms with Gasteiger partial charge in [0.05, 0.1) is 0 Å². The quantitative estimate of drug-likeness (QED) is 0.329. The average molecular weight is 526 g/mol. The van der Waals surface area contributed by atoms with Gasteiger partial charge in [0.25, 0.3) is 5.56 Å². The van der Waals surface area contributed by atoms with Gasteiger partial charge < -0.3 is 10.2 Å². The highest BCUT2D eigenvalue weighted by atomic mass is 19.1. The van der Waals surface area contributed by atoms with E-state index in [1.165, 1.54) is 11.6 Å². The Bertz CT molecular complexity index is 1500. The molecular formula is C32H36FN5O. The molecule has 2 fully saturated rings. The highest BCUT2D eigenvalue weighted by Gasteiger charge is 2.25. The fourth-order valence-corrected chi connectivity index (χ4v) is 6.18. The van der Waals surface area contributed by atoms with Crippen molar-refractivity contribution in [1.29, 1.82) is 0 Å². The standard InChI is InChI=1S/C32H36FN5O/c1-22-19-24(11-12-29(22)33)27-20-30(39)38(26-9-5-6-10-26)31-28(27)21-35-32(36-31)37-17-14-25(15-18-37)34-16-13-23-7-3-2-4-8-23/h2-4,7-8,11-12,19-21,25-26,34H,5-6,9-10,13-18H2,1H3. The summed E-state index contributed by atoms with van der Waals surface area (Å²) in [7, 11) is 0. The summed E-state index contributed by atoms with van der Waals surface area (Å²) < 4.78 is 15.9. The summed E-state index contributed by atoms with van der Waals surface area (Å²) in [5, 5.41) is 4.56. The molecule has 202 valence electrons. The van der Waals surface area contributed by atoms with Crippen LogP contribution in [0.1, 0.15) is 55.7 Å². The van der Waals surface area contributed by atoms with E-state index in [0.29, 0.717) is 23.2 Å². The molecule has 2 aliphatic rings. The molecule has 3 heterocycles. The lowest BCUT2D eigenvalue weighted by Gasteiger charge is -2.32. The molecule has 0 amide bonds. The van der Waals surface area contributed by atoms with Gasteiger partial charge in [-0.15, -0.1) is 0 Å². The predicted octanol–water partition coefficient (Wildman–Crippen LogP) is 5.82. The number of halogens is 1. The minimum Gasteiger partial charge on any atom is -0.341 e. The van der Waals surface area contributed by atoms with E-state index in [4.69, 9.17) is 9.97 Å². The maximum atomic E-state index is 14.0. The van der Waals surface area contributed by atoms with Crippen LogP contribution in [0.25, 0.3) is 22.2 Å². The molecule has 39 heavy (non-hydrogen) atoms. The normalized spacial score (nSPS) is 16.8. The number of nitrogens with one attached hydrogen (secondary N) is 1. The monoisotopic (exact) mass is 525 g/mol. The van der Waals surface area contributed by atoms with Gasteiger partial charge in [0.1, 0.15) is 11.5 Å². The largest absolute Gasteiger partial charge is 0.341 e. The first kappa shape index (κ1) is 25.7. The molecule has 1 N–H and O–H groups in total. The van der Waals surface area contributed by atoms with Gasteiger partial charge in [-0.2, -0.15) is 4.98 Å². The van der Waals surface area contributed by atoms with E-state index in [1.54, 1.807) is 25.1 Å². The lowest BCUT2D eigenvalue weighted by molar-refractivity contribution is 0.415. The van der Waals surface area contributed by atoms with Gasteiger partial charge in [-0.1, -0.05) is 49.2 Å². The number of piperidine rings is 1. The Hall–Kier alpha value is -3.58. The third-order valence-electron chi connectivity index (χ3n) is 8.41. The Morgan fingerprint density at radius 1 is 1.00 bits per heavy atom. The van der Waals surface area contributed by atoms with Gasteiger partial charge in [-0.25, -0.2) is 9.37 Å². The number of pyridine rings is 1. The van der Waals surface area contributed by atoms with Crippen molar-refractivity contribution in [3.8, 4) is 11.1 Å². The Morgan fingerprint density at radius 2 is 1.77 bits per heavy atom. The molecule has 0 spiro atoms. The lowest BCUT2D eigenvalue weighted by atomic mass is 10.0. The zero-order valence-corrected chi connectivity index (χ0v) is 22.6. The number of benzene rings is 2.